The van der Waals surface area contributed by atoms with Gasteiger partial charge in [0.1, 0.15) is 4.32 Å². The lowest BCUT2D eigenvalue weighted by Gasteiger charge is -2.22. The summed E-state index contributed by atoms with van der Waals surface area (Å²) in [4.78, 5) is 0. The fraction of sp³-hybridized carbons (Fsp3) is 0.727. The van der Waals surface area contributed by atoms with Crippen molar-refractivity contribution in [3.63, 3.8) is 0 Å². The van der Waals surface area contributed by atoms with Crippen LogP contribution < -0.4 is 5.32 Å². The maximum absolute atomic E-state index is 5.60. The fourth-order valence-electron chi connectivity index (χ4n) is 0.527. The molecule has 0 aromatic heterocycles. The molecule has 0 unspecified atom stereocenters. The van der Waals surface area contributed by atoms with Crippen LogP contribution in [0.15, 0.2) is 11.6 Å². The highest BCUT2D eigenvalue weighted by atomic mass is 35.5. The molecule has 0 spiro atoms. The van der Waals surface area contributed by atoms with Gasteiger partial charge in [0, 0.05) is 9.78 Å². The second-order valence-corrected chi connectivity index (χ2v) is 6.29. The normalized spacial score (nSPS) is 10.0. The number of hydrogen-bond donors (Lipinski definition) is 1. The fourth-order valence-corrected chi connectivity index (χ4v) is 2.13. The molecule has 15 heavy (non-hydrogen) atoms. The highest BCUT2D eigenvalue weighted by Crippen LogP contribution is 2.28. The Morgan fingerprint density at radius 3 is 2.27 bits per heavy atom. The maximum atomic E-state index is 5.60. The van der Waals surface area contributed by atoms with Crippen LogP contribution in [0, 0.1) is 0 Å². The van der Waals surface area contributed by atoms with Gasteiger partial charge in [-0.2, -0.15) is 0 Å². The highest BCUT2D eigenvalue weighted by molar-refractivity contribution is 8.23. The Kier molecular flexibility index (Phi) is 11.2. The van der Waals surface area contributed by atoms with Crippen LogP contribution in [0.1, 0.15) is 41.0 Å². The zero-order chi connectivity index (χ0) is 12.5. The Bertz CT molecular complexity index is 203. The molecule has 0 bridgehead atoms. The summed E-state index contributed by atoms with van der Waals surface area (Å²) < 4.78 is 0.978. The second-order valence-electron chi connectivity index (χ2n) is 3.37. The number of thioether (sulfide) groups is 1. The molecule has 0 radical (unpaired) electrons. The third kappa shape index (κ3) is 12.2. The first-order valence-corrected chi connectivity index (χ1v) is 6.78. The van der Waals surface area contributed by atoms with E-state index in [2.05, 4.69) is 32.7 Å². The van der Waals surface area contributed by atoms with Crippen LogP contribution in [0.3, 0.4) is 0 Å². The standard InChI is InChI=1S/C9H16ClNS2.C2H6/c1-5-9(3,4)13-8(12)11-6-7(2)10;1-2/h2,5-6H2,1,3-4H3,(H,11,12);1-2H3. The van der Waals surface area contributed by atoms with Gasteiger partial charge in [-0.15, -0.1) is 0 Å². The minimum atomic E-state index is 0.192. The van der Waals surface area contributed by atoms with Crippen LogP contribution >= 0.6 is 35.6 Å². The summed E-state index contributed by atoms with van der Waals surface area (Å²) in [6.07, 6.45) is 1.08. The lowest BCUT2D eigenvalue weighted by molar-refractivity contribution is 0.688. The minimum Gasteiger partial charge on any atom is -0.366 e. The number of rotatable bonds is 4. The van der Waals surface area contributed by atoms with E-state index in [0.29, 0.717) is 11.6 Å². The van der Waals surface area contributed by atoms with Gasteiger partial charge in [0.05, 0.1) is 6.54 Å². The van der Waals surface area contributed by atoms with Crippen molar-refractivity contribution in [2.75, 3.05) is 6.54 Å². The average Bonchev–Trinajstić information content (AvgIpc) is 2.17. The predicted molar refractivity (Wildman–Crippen MR) is 78.9 cm³/mol. The summed E-state index contributed by atoms with van der Waals surface area (Å²) in [7, 11) is 0. The van der Waals surface area contributed by atoms with Gasteiger partial charge in [0.2, 0.25) is 0 Å². The van der Waals surface area contributed by atoms with E-state index in [1.165, 1.54) is 0 Å². The highest BCUT2D eigenvalue weighted by Gasteiger charge is 2.17. The molecule has 0 atom stereocenters. The van der Waals surface area contributed by atoms with Gasteiger partial charge >= 0.3 is 0 Å². The van der Waals surface area contributed by atoms with Crippen molar-refractivity contribution in [2.24, 2.45) is 0 Å². The van der Waals surface area contributed by atoms with Crippen LogP contribution in [-0.2, 0) is 0 Å². The first-order chi connectivity index (χ1) is 6.87. The Labute approximate surface area is 109 Å². The average molecular weight is 268 g/mol. The van der Waals surface area contributed by atoms with Gasteiger partial charge < -0.3 is 5.32 Å². The number of halogens is 1. The molecule has 0 aliphatic heterocycles. The Morgan fingerprint density at radius 1 is 1.47 bits per heavy atom. The van der Waals surface area contributed by atoms with Crippen molar-refractivity contribution in [3.05, 3.63) is 11.6 Å². The zero-order valence-corrected chi connectivity index (χ0v) is 12.7. The Balaban J connectivity index is 0. The first-order valence-electron chi connectivity index (χ1n) is 5.17. The molecular weight excluding hydrogens is 246 g/mol. The van der Waals surface area contributed by atoms with Crippen LogP contribution in [0.2, 0.25) is 0 Å². The topological polar surface area (TPSA) is 12.0 Å². The summed E-state index contributed by atoms with van der Waals surface area (Å²) in [5.74, 6) is 0. The van der Waals surface area contributed by atoms with Gasteiger partial charge in [0.15, 0.2) is 0 Å². The SMILES string of the molecule is C=C(Cl)CNC(=S)SC(C)(C)CC.CC. The summed E-state index contributed by atoms with van der Waals surface area (Å²) in [5.41, 5.74) is 0. The van der Waals surface area contributed by atoms with Gasteiger partial charge in [-0.25, -0.2) is 0 Å². The van der Waals surface area contributed by atoms with E-state index >= 15 is 0 Å². The monoisotopic (exact) mass is 267 g/mol. The van der Waals surface area contributed by atoms with E-state index in [0.717, 1.165) is 10.7 Å². The molecule has 0 aromatic carbocycles. The van der Waals surface area contributed by atoms with Gasteiger partial charge in [0.25, 0.3) is 0 Å². The lowest BCUT2D eigenvalue weighted by atomic mass is 10.1. The second kappa shape index (κ2) is 9.49. The van der Waals surface area contributed by atoms with Crippen LogP contribution in [0.4, 0.5) is 0 Å². The molecule has 0 aromatic rings. The van der Waals surface area contributed by atoms with E-state index in [-0.39, 0.29) is 4.75 Å². The molecule has 0 heterocycles. The Morgan fingerprint density at radius 2 is 1.93 bits per heavy atom. The smallest absolute Gasteiger partial charge is 0.134 e. The number of thiocarbonyl (C=S) groups is 1. The van der Waals surface area contributed by atoms with Crippen molar-refractivity contribution < 1.29 is 0 Å². The van der Waals surface area contributed by atoms with Gasteiger partial charge in [-0.05, 0) is 6.42 Å². The lowest BCUT2D eigenvalue weighted by Crippen LogP contribution is -2.25. The number of nitrogens with one attached hydrogen (secondary N) is 1. The van der Waals surface area contributed by atoms with Crippen molar-refractivity contribution in [3.8, 4) is 0 Å². The molecule has 0 aliphatic carbocycles. The molecular formula is C11H22ClNS2. The largest absolute Gasteiger partial charge is 0.366 e. The molecule has 0 amide bonds. The number of hydrogen-bond acceptors (Lipinski definition) is 2. The summed E-state index contributed by atoms with van der Waals surface area (Å²) in [6, 6.07) is 0. The van der Waals surface area contributed by atoms with Gasteiger partial charge in [-0.1, -0.05) is 76.8 Å². The summed E-state index contributed by atoms with van der Waals surface area (Å²) in [6.45, 7) is 14.6. The van der Waals surface area contributed by atoms with Crippen molar-refractivity contribution in [2.45, 2.75) is 45.8 Å². The molecule has 0 fully saturated rings. The quantitative estimate of drug-likeness (QED) is 0.750. The van der Waals surface area contributed by atoms with E-state index in [9.17, 15) is 0 Å². The third-order valence-electron chi connectivity index (χ3n) is 1.64. The summed E-state index contributed by atoms with van der Waals surface area (Å²) >= 11 is 12.4. The van der Waals surface area contributed by atoms with E-state index in [1.807, 2.05) is 13.8 Å². The summed E-state index contributed by atoms with van der Waals surface area (Å²) in [5, 5.41) is 3.62. The molecule has 0 rings (SSSR count). The van der Waals surface area contributed by atoms with Crippen molar-refractivity contribution in [1.82, 2.24) is 5.32 Å². The molecule has 1 N–H and O–H groups in total. The molecule has 90 valence electrons. The predicted octanol–water partition coefficient (Wildman–Crippen LogP) is 4.56. The van der Waals surface area contributed by atoms with Gasteiger partial charge in [-0.3, -0.25) is 0 Å². The minimum absolute atomic E-state index is 0.192. The van der Waals surface area contributed by atoms with Crippen molar-refractivity contribution in [1.29, 1.82) is 0 Å². The first kappa shape index (κ1) is 17.7. The molecule has 0 saturated heterocycles. The zero-order valence-electron chi connectivity index (χ0n) is 10.3. The van der Waals surface area contributed by atoms with Crippen molar-refractivity contribution >= 4 is 39.9 Å². The van der Waals surface area contributed by atoms with Crippen LogP contribution in [-0.4, -0.2) is 15.6 Å². The molecule has 0 saturated carbocycles. The molecule has 1 nitrogen and oxygen atoms in total. The van der Waals surface area contributed by atoms with E-state index < -0.39 is 0 Å². The van der Waals surface area contributed by atoms with E-state index in [4.69, 9.17) is 23.8 Å². The van der Waals surface area contributed by atoms with Crippen LogP contribution in [0.25, 0.3) is 0 Å². The molecule has 4 heteroatoms. The maximum Gasteiger partial charge on any atom is 0.134 e. The van der Waals surface area contributed by atoms with E-state index in [1.54, 1.807) is 11.8 Å². The molecule has 0 aliphatic rings. The van der Waals surface area contributed by atoms with Crippen LogP contribution in [0.5, 0.6) is 0 Å². The Hall–Kier alpha value is 0.270. The third-order valence-corrected chi connectivity index (χ3v) is 3.34.